The van der Waals surface area contributed by atoms with Crippen molar-refractivity contribution >= 4 is 17.0 Å². The second-order valence-corrected chi connectivity index (χ2v) is 7.73. The quantitative estimate of drug-likeness (QED) is 0.385. The molecule has 3 atom stereocenters. The van der Waals surface area contributed by atoms with Crippen LogP contribution >= 0.6 is 0 Å². The van der Waals surface area contributed by atoms with Gasteiger partial charge in [-0.2, -0.15) is 26.3 Å². The minimum absolute atomic E-state index is 0.00641. The van der Waals surface area contributed by atoms with Gasteiger partial charge in [0.05, 0.1) is 30.2 Å². The SMILES string of the molecule is COCO[C@@H]1C[C@@H](CO)OC1n1cnc2c(N)nc(-c3cc(C(F)(F)F)cc(C(F)(F)F)c3)nc21. The average molecular weight is 507 g/mol. The molecular weight excluding hydrogens is 488 g/mol. The number of hydrogen-bond acceptors (Lipinski definition) is 8. The van der Waals surface area contributed by atoms with Gasteiger partial charge in [-0.25, -0.2) is 15.0 Å². The number of nitrogens with zero attached hydrogens (tertiary/aromatic N) is 4. The molecule has 3 heterocycles. The molecule has 3 aromatic rings. The van der Waals surface area contributed by atoms with Gasteiger partial charge in [0.25, 0.3) is 0 Å². The number of benzene rings is 1. The molecule has 35 heavy (non-hydrogen) atoms. The topological polar surface area (TPSA) is 118 Å². The van der Waals surface area contributed by atoms with Gasteiger partial charge in [-0.3, -0.25) is 4.57 Å². The van der Waals surface area contributed by atoms with Gasteiger partial charge in [0.1, 0.15) is 18.4 Å². The molecule has 0 spiro atoms. The highest BCUT2D eigenvalue weighted by Crippen LogP contribution is 2.39. The molecule has 0 bridgehead atoms. The molecule has 1 aliphatic rings. The van der Waals surface area contributed by atoms with Crippen molar-refractivity contribution in [1.82, 2.24) is 19.5 Å². The van der Waals surface area contributed by atoms with E-state index in [4.69, 9.17) is 19.9 Å². The number of rotatable bonds is 6. The molecule has 0 radical (unpaired) electrons. The van der Waals surface area contributed by atoms with E-state index in [1.807, 2.05) is 0 Å². The minimum atomic E-state index is -5.05. The summed E-state index contributed by atoms with van der Waals surface area (Å²) in [4.78, 5) is 12.2. The Kier molecular flexibility index (Phi) is 6.61. The minimum Gasteiger partial charge on any atom is -0.394 e. The van der Waals surface area contributed by atoms with Crippen LogP contribution in [0.4, 0.5) is 32.2 Å². The maximum Gasteiger partial charge on any atom is 0.416 e. The lowest BCUT2D eigenvalue weighted by atomic mass is 10.0. The highest BCUT2D eigenvalue weighted by Gasteiger charge is 2.39. The molecule has 0 amide bonds. The molecule has 0 aliphatic carbocycles. The van der Waals surface area contributed by atoms with Gasteiger partial charge in [-0.1, -0.05) is 0 Å². The molecule has 0 saturated carbocycles. The van der Waals surface area contributed by atoms with Crippen molar-refractivity contribution in [3.05, 3.63) is 35.7 Å². The van der Waals surface area contributed by atoms with Gasteiger partial charge in [0.2, 0.25) is 0 Å². The third kappa shape index (κ3) is 5.03. The molecule has 1 aliphatic heterocycles. The van der Waals surface area contributed by atoms with E-state index >= 15 is 0 Å². The van der Waals surface area contributed by atoms with Crippen LogP contribution in [0.3, 0.4) is 0 Å². The lowest BCUT2D eigenvalue weighted by Crippen LogP contribution is -2.23. The Morgan fingerprint density at radius 2 is 1.77 bits per heavy atom. The number of halogens is 6. The van der Waals surface area contributed by atoms with E-state index in [2.05, 4.69) is 15.0 Å². The molecule has 1 unspecified atom stereocenters. The maximum absolute atomic E-state index is 13.3. The fourth-order valence-corrected chi connectivity index (χ4v) is 3.72. The van der Waals surface area contributed by atoms with Crippen molar-refractivity contribution in [1.29, 1.82) is 0 Å². The predicted molar refractivity (Wildman–Crippen MR) is 108 cm³/mol. The number of aromatic nitrogens is 4. The average Bonchev–Trinajstić information content (AvgIpc) is 3.40. The lowest BCUT2D eigenvalue weighted by Gasteiger charge is -2.20. The number of fused-ring (bicyclic) bond motifs is 1. The van der Waals surface area contributed by atoms with Crippen molar-refractivity contribution in [3.63, 3.8) is 0 Å². The van der Waals surface area contributed by atoms with Gasteiger partial charge in [0, 0.05) is 19.1 Å². The number of anilines is 1. The fraction of sp³-hybridized carbons (Fsp3) is 0.450. The summed E-state index contributed by atoms with van der Waals surface area (Å²) in [6.07, 6.45) is -10.7. The van der Waals surface area contributed by atoms with Crippen LogP contribution < -0.4 is 5.73 Å². The van der Waals surface area contributed by atoms with Crippen molar-refractivity contribution in [2.75, 3.05) is 26.2 Å². The molecule has 190 valence electrons. The van der Waals surface area contributed by atoms with Gasteiger partial charge >= 0.3 is 12.4 Å². The van der Waals surface area contributed by atoms with E-state index in [1.165, 1.54) is 18.0 Å². The van der Waals surface area contributed by atoms with E-state index in [0.29, 0.717) is 12.1 Å². The van der Waals surface area contributed by atoms with Crippen LogP contribution in [0.5, 0.6) is 0 Å². The summed E-state index contributed by atoms with van der Waals surface area (Å²) in [6, 6.07) is 1.03. The second kappa shape index (κ2) is 9.22. The first-order valence-electron chi connectivity index (χ1n) is 10.1. The first-order valence-corrected chi connectivity index (χ1v) is 10.1. The molecule has 1 saturated heterocycles. The zero-order chi connectivity index (χ0) is 25.5. The Hall–Kier alpha value is -3.01. The molecule has 3 N–H and O–H groups in total. The first-order chi connectivity index (χ1) is 16.4. The van der Waals surface area contributed by atoms with Crippen LogP contribution in [-0.2, 0) is 26.6 Å². The van der Waals surface area contributed by atoms with E-state index in [1.54, 1.807) is 0 Å². The van der Waals surface area contributed by atoms with Gasteiger partial charge in [0.15, 0.2) is 23.5 Å². The molecule has 1 fully saturated rings. The zero-order valence-corrected chi connectivity index (χ0v) is 18.0. The highest BCUT2D eigenvalue weighted by molar-refractivity contribution is 5.84. The van der Waals surface area contributed by atoms with Crippen LogP contribution in [0.15, 0.2) is 24.5 Å². The highest BCUT2D eigenvalue weighted by atomic mass is 19.4. The molecule has 4 rings (SSSR count). The van der Waals surface area contributed by atoms with Crippen molar-refractivity contribution in [2.45, 2.75) is 37.2 Å². The molecule has 1 aromatic carbocycles. The monoisotopic (exact) mass is 507 g/mol. The molecule has 15 heteroatoms. The van der Waals surface area contributed by atoms with Crippen molar-refractivity contribution in [2.24, 2.45) is 0 Å². The third-order valence-corrected chi connectivity index (χ3v) is 5.32. The number of ether oxygens (including phenoxy) is 3. The van der Waals surface area contributed by atoms with Crippen LogP contribution in [0, 0.1) is 0 Å². The van der Waals surface area contributed by atoms with E-state index in [9.17, 15) is 31.4 Å². The van der Waals surface area contributed by atoms with Crippen LogP contribution in [0.1, 0.15) is 23.8 Å². The van der Waals surface area contributed by atoms with Crippen LogP contribution in [0.25, 0.3) is 22.6 Å². The molecular formula is C20H19F6N5O4. The summed E-state index contributed by atoms with van der Waals surface area (Å²) in [5, 5.41) is 9.49. The lowest BCUT2D eigenvalue weighted by molar-refractivity contribution is -0.143. The number of methoxy groups -OCH3 is 1. The Morgan fingerprint density at radius 1 is 1.11 bits per heavy atom. The molecule has 9 nitrogen and oxygen atoms in total. The van der Waals surface area contributed by atoms with Gasteiger partial charge < -0.3 is 25.1 Å². The number of hydrogen-bond donors (Lipinski definition) is 2. The molecule has 2 aromatic heterocycles. The summed E-state index contributed by atoms with van der Waals surface area (Å²) in [7, 11) is 1.41. The fourth-order valence-electron chi connectivity index (χ4n) is 3.72. The normalized spacial score (nSPS) is 21.2. The smallest absolute Gasteiger partial charge is 0.394 e. The maximum atomic E-state index is 13.3. The van der Waals surface area contributed by atoms with Gasteiger partial charge in [-0.05, 0) is 18.2 Å². The zero-order valence-electron chi connectivity index (χ0n) is 18.0. The second-order valence-electron chi connectivity index (χ2n) is 7.73. The van der Waals surface area contributed by atoms with Crippen LogP contribution in [-0.4, -0.2) is 57.3 Å². The predicted octanol–water partition coefficient (Wildman–Crippen LogP) is 3.38. The Balaban J connectivity index is 1.84. The van der Waals surface area contributed by atoms with E-state index in [0.717, 1.165) is 0 Å². The summed E-state index contributed by atoms with van der Waals surface area (Å²) >= 11 is 0. The van der Waals surface area contributed by atoms with Crippen LogP contribution in [0.2, 0.25) is 0 Å². The number of nitrogens with two attached hydrogens (primary N) is 1. The van der Waals surface area contributed by atoms with Crippen molar-refractivity contribution in [3.8, 4) is 11.4 Å². The Bertz CT molecular complexity index is 1180. The third-order valence-electron chi connectivity index (χ3n) is 5.32. The Morgan fingerprint density at radius 3 is 2.34 bits per heavy atom. The Labute approximate surface area is 193 Å². The number of aliphatic hydroxyl groups is 1. The van der Waals surface area contributed by atoms with E-state index in [-0.39, 0.29) is 42.9 Å². The standard InChI is InChI=1S/C20H19F6N5O4/c1-33-8-34-13-5-12(6-32)35-18(13)31-7-28-14-15(27)29-16(30-17(14)31)9-2-10(19(21,22)23)4-11(3-9)20(24,25)26/h2-4,7,12-13,18,32H,5-6,8H2,1H3,(H2,27,29,30)/t12-,13+,18?/m0/s1. The largest absolute Gasteiger partial charge is 0.416 e. The summed E-state index contributed by atoms with van der Waals surface area (Å²) in [6.45, 7) is -0.412. The number of aliphatic hydroxyl groups excluding tert-OH is 1. The summed E-state index contributed by atoms with van der Waals surface area (Å²) < 4.78 is 97.5. The van der Waals surface area contributed by atoms with Gasteiger partial charge in [-0.15, -0.1) is 0 Å². The van der Waals surface area contributed by atoms with Crippen molar-refractivity contribution < 1.29 is 45.7 Å². The number of imidazole rings is 1. The number of alkyl halides is 6. The summed E-state index contributed by atoms with van der Waals surface area (Å²) in [5.74, 6) is -0.736. The first kappa shape index (κ1) is 25.1. The number of nitrogen functional groups attached to an aromatic ring is 1. The van der Waals surface area contributed by atoms with E-state index < -0.39 is 53.3 Å². The summed E-state index contributed by atoms with van der Waals surface area (Å²) in [5.41, 5.74) is 2.39.